The third-order valence-corrected chi connectivity index (χ3v) is 5.86. The van der Waals surface area contributed by atoms with Crippen LogP contribution >= 0.6 is 36.6 Å². The van der Waals surface area contributed by atoms with E-state index in [-0.39, 0.29) is 30.7 Å². The lowest BCUT2D eigenvalue weighted by molar-refractivity contribution is -0.125. The second-order valence-corrected chi connectivity index (χ2v) is 7.46. The lowest BCUT2D eigenvalue weighted by Gasteiger charge is -2.29. The van der Waals surface area contributed by atoms with Crippen molar-refractivity contribution >= 4 is 48.2 Å². The predicted octanol–water partition coefficient (Wildman–Crippen LogP) is 3.78. The number of thioether (sulfide) groups is 1. The van der Waals surface area contributed by atoms with Gasteiger partial charge < -0.3 is 11.1 Å². The zero-order chi connectivity index (χ0) is 16.7. The molecule has 144 valence electrons. The fraction of sp³-hybridized carbons (Fsp3) is 0.611. The van der Waals surface area contributed by atoms with Crippen LogP contribution in [0.4, 0.5) is 5.69 Å². The number of halogens is 2. The number of carbonyl (C=O) groups is 1. The van der Waals surface area contributed by atoms with Crippen molar-refractivity contribution in [1.29, 1.82) is 0 Å². The Morgan fingerprint density at radius 3 is 2.44 bits per heavy atom. The Morgan fingerprint density at radius 2 is 1.88 bits per heavy atom. The van der Waals surface area contributed by atoms with E-state index in [2.05, 4.69) is 22.3 Å². The van der Waals surface area contributed by atoms with E-state index >= 15 is 0 Å². The zero-order valence-electron chi connectivity index (χ0n) is 15.1. The van der Waals surface area contributed by atoms with Crippen LogP contribution in [0.1, 0.15) is 32.3 Å². The number of hydrogen-bond acceptors (Lipinski definition) is 4. The highest BCUT2D eigenvalue weighted by atomic mass is 35.5. The molecule has 0 saturated carbocycles. The van der Waals surface area contributed by atoms with Gasteiger partial charge in [-0.05, 0) is 30.5 Å². The normalized spacial score (nSPS) is 15.0. The van der Waals surface area contributed by atoms with Gasteiger partial charge in [0.25, 0.3) is 0 Å². The van der Waals surface area contributed by atoms with E-state index in [1.54, 1.807) is 0 Å². The Bertz CT molecular complexity index is 513. The van der Waals surface area contributed by atoms with Crippen molar-refractivity contribution < 1.29 is 4.79 Å². The maximum absolute atomic E-state index is 12.6. The minimum Gasteiger partial charge on any atom is -0.329 e. The third kappa shape index (κ3) is 6.65. The number of nitrogens with two attached hydrogens (primary N) is 1. The van der Waals surface area contributed by atoms with Gasteiger partial charge in [0.15, 0.2) is 0 Å². The van der Waals surface area contributed by atoms with Gasteiger partial charge in [0.05, 0.1) is 5.41 Å². The SMILES string of the molecule is CCC(CC)(CN)C(=O)Nc1cccc(CN2CCSCC2)c1.Cl.Cl. The Hall–Kier alpha value is -0.460. The summed E-state index contributed by atoms with van der Waals surface area (Å²) < 4.78 is 0. The highest BCUT2D eigenvalue weighted by Crippen LogP contribution is 2.27. The number of nitrogens with one attached hydrogen (secondary N) is 1. The molecule has 1 saturated heterocycles. The molecular formula is C18H31Cl2N3OS. The standard InChI is InChI=1S/C18H29N3OS.2ClH/c1-3-18(4-2,14-19)17(22)20-16-7-5-6-15(12-16)13-21-8-10-23-11-9-21;;/h5-7,12H,3-4,8-11,13-14,19H2,1-2H3,(H,20,22);2*1H. The largest absolute Gasteiger partial charge is 0.329 e. The predicted molar refractivity (Wildman–Crippen MR) is 114 cm³/mol. The maximum Gasteiger partial charge on any atom is 0.231 e. The first-order chi connectivity index (χ1) is 11.1. The first-order valence-electron chi connectivity index (χ1n) is 8.54. The number of carbonyl (C=O) groups excluding carboxylic acids is 1. The molecule has 1 fully saturated rings. The molecule has 0 spiro atoms. The summed E-state index contributed by atoms with van der Waals surface area (Å²) in [6.45, 7) is 7.68. The van der Waals surface area contributed by atoms with Gasteiger partial charge in [0, 0.05) is 43.4 Å². The van der Waals surface area contributed by atoms with Gasteiger partial charge in [-0.15, -0.1) is 24.8 Å². The number of hydrogen-bond donors (Lipinski definition) is 2. The van der Waals surface area contributed by atoms with Gasteiger partial charge in [-0.1, -0.05) is 26.0 Å². The van der Waals surface area contributed by atoms with E-state index in [9.17, 15) is 4.79 Å². The van der Waals surface area contributed by atoms with E-state index in [1.165, 1.54) is 17.1 Å². The van der Waals surface area contributed by atoms with Gasteiger partial charge in [0.1, 0.15) is 0 Å². The van der Waals surface area contributed by atoms with Crippen LogP contribution in [-0.4, -0.2) is 41.9 Å². The van der Waals surface area contributed by atoms with Crippen LogP contribution in [0.2, 0.25) is 0 Å². The van der Waals surface area contributed by atoms with E-state index in [1.807, 2.05) is 37.7 Å². The van der Waals surface area contributed by atoms with Crippen LogP contribution < -0.4 is 11.1 Å². The zero-order valence-corrected chi connectivity index (χ0v) is 17.6. The molecule has 1 aliphatic rings. The molecule has 1 aromatic rings. The minimum absolute atomic E-state index is 0. The molecule has 4 nitrogen and oxygen atoms in total. The van der Waals surface area contributed by atoms with Crippen LogP contribution in [-0.2, 0) is 11.3 Å². The van der Waals surface area contributed by atoms with Crippen molar-refractivity contribution in [3.63, 3.8) is 0 Å². The van der Waals surface area contributed by atoms with Crippen LogP contribution in [0.3, 0.4) is 0 Å². The third-order valence-electron chi connectivity index (χ3n) is 4.92. The Kier molecular flexibility index (Phi) is 11.8. The van der Waals surface area contributed by atoms with Gasteiger partial charge in [-0.25, -0.2) is 0 Å². The summed E-state index contributed by atoms with van der Waals surface area (Å²) >= 11 is 2.02. The molecule has 1 amide bonds. The first kappa shape index (κ1) is 24.5. The summed E-state index contributed by atoms with van der Waals surface area (Å²) in [5, 5.41) is 3.07. The lowest BCUT2D eigenvalue weighted by Crippen LogP contribution is -2.41. The highest BCUT2D eigenvalue weighted by molar-refractivity contribution is 7.99. The van der Waals surface area contributed by atoms with E-state index < -0.39 is 5.41 Å². The summed E-state index contributed by atoms with van der Waals surface area (Å²) in [4.78, 5) is 15.1. The van der Waals surface area contributed by atoms with Gasteiger partial charge >= 0.3 is 0 Å². The molecule has 0 aliphatic carbocycles. The number of rotatable bonds is 7. The lowest BCUT2D eigenvalue weighted by atomic mass is 9.81. The van der Waals surface area contributed by atoms with Gasteiger partial charge in [-0.2, -0.15) is 11.8 Å². The van der Waals surface area contributed by atoms with Crippen LogP contribution in [0.25, 0.3) is 0 Å². The van der Waals surface area contributed by atoms with Crippen molar-refractivity contribution in [2.75, 3.05) is 36.5 Å². The summed E-state index contributed by atoms with van der Waals surface area (Å²) in [6.07, 6.45) is 1.52. The average Bonchev–Trinajstić information content (AvgIpc) is 2.58. The van der Waals surface area contributed by atoms with E-state index in [0.29, 0.717) is 6.54 Å². The number of benzene rings is 1. The van der Waals surface area contributed by atoms with Crippen molar-refractivity contribution in [2.24, 2.45) is 11.1 Å². The van der Waals surface area contributed by atoms with Crippen molar-refractivity contribution in [3.8, 4) is 0 Å². The van der Waals surface area contributed by atoms with E-state index in [4.69, 9.17) is 5.73 Å². The molecule has 2 rings (SSSR count). The smallest absolute Gasteiger partial charge is 0.231 e. The molecule has 0 radical (unpaired) electrons. The summed E-state index contributed by atoms with van der Waals surface area (Å²) in [6, 6.07) is 8.20. The Labute approximate surface area is 168 Å². The van der Waals surface area contributed by atoms with Crippen molar-refractivity contribution in [2.45, 2.75) is 33.2 Å². The fourth-order valence-corrected chi connectivity index (χ4v) is 3.96. The van der Waals surface area contributed by atoms with Crippen LogP contribution in [0.15, 0.2) is 24.3 Å². The van der Waals surface area contributed by atoms with Gasteiger partial charge in [-0.3, -0.25) is 9.69 Å². The molecule has 25 heavy (non-hydrogen) atoms. The molecule has 0 aromatic heterocycles. The number of nitrogens with zero attached hydrogens (tertiary/aromatic N) is 1. The van der Waals surface area contributed by atoms with Crippen LogP contribution in [0.5, 0.6) is 0 Å². The fourth-order valence-electron chi connectivity index (χ4n) is 2.98. The second-order valence-electron chi connectivity index (χ2n) is 6.23. The van der Waals surface area contributed by atoms with E-state index in [0.717, 1.165) is 38.2 Å². The summed E-state index contributed by atoms with van der Waals surface area (Å²) in [5.74, 6) is 2.46. The highest BCUT2D eigenvalue weighted by Gasteiger charge is 2.33. The minimum atomic E-state index is -0.458. The molecule has 1 heterocycles. The number of anilines is 1. The monoisotopic (exact) mass is 407 g/mol. The molecule has 1 aliphatic heterocycles. The average molecular weight is 408 g/mol. The number of amides is 1. The molecule has 0 unspecified atom stereocenters. The molecular weight excluding hydrogens is 377 g/mol. The topological polar surface area (TPSA) is 58.4 Å². The summed E-state index contributed by atoms with van der Waals surface area (Å²) in [5.41, 5.74) is 7.53. The molecule has 1 aromatic carbocycles. The molecule has 0 atom stereocenters. The quantitative estimate of drug-likeness (QED) is 0.721. The summed E-state index contributed by atoms with van der Waals surface area (Å²) in [7, 11) is 0. The molecule has 0 bridgehead atoms. The second kappa shape index (κ2) is 12.0. The van der Waals surface area contributed by atoms with Crippen LogP contribution in [0, 0.1) is 5.41 Å². The Balaban J connectivity index is 0.00000288. The maximum atomic E-state index is 12.6. The molecule has 3 N–H and O–H groups in total. The first-order valence-corrected chi connectivity index (χ1v) is 9.69. The Morgan fingerprint density at radius 1 is 1.24 bits per heavy atom. The van der Waals surface area contributed by atoms with Gasteiger partial charge in [0.2, 0.25) is 5.91 Å². The van der Waals surface area contributed by atoms with Crippen molar-refractivity contribution in [3.05, 3.63) is 29.8 Å². The molecule has 7 heteroatoms. The van der Waals surface area contributed by atoms with Crippen molar-refractivity contribution in [1.82, 2.24) is 4.90 Å².